The first-order valence-electron chi connectivity index (χ1n) is 15.2. The number of nitrogens with zero attached hydrogens (tertiary/aromatic N) is 1. The van der Waals surface area contributed by atoms with E-state index in [1.165, 1.54) is 5.56 Å². The molecule has 0 spiro atoms. The van der Waals surface area contributed by atoms with Crippen LogP contribution in [0.25, 0.3) is 0 Å². The molecule has 7 nitrogen and oxygen atoms in total. The molecule has 0 saturated carbocycles. The van der Waals surface area contributed by atoms with Crippen LogP contribution in [0.5, 0.6) is 0 Å². The van der Waals surface area contributed by atoms with Crippen LogP contribution in [0.15, 0.2) is 103 Å². The van der Waals surface area contributed by atoms with Crippen LogP contribution in [0.2, 0.25) is 0 Å². The number of rotatable bonds is 12. The second-order valence-electron chi connectivity index (χ2n) is 11.1. The highest BCUT2D eigenvalue weighted by Crippen LogP contribution is 2.21. The minimum atomic E-state index is -0.597. The summed E-state index contributed by atoms with van der Waals surface area (Å²) in [5, 5.41) is 12.7. The molecule has 3 aromatic carbocycles. The van der Waals surface area contributed by atoms with E-state index in [9.17, 15) is 19.5 Å². The molecule has 3 aromatic rings. The molecule has 232 valence electrons. The van der Waals surface area contributed by atoms with Crippen molar-refractivity contribution in [2.45, 2.75) is 44.0 Å². The highest BCUT2D eigenvalue weighted by molar-refractivity contribution is 7.98. The molecular formula is C36H42N2O5S. The van der Waals surface area contributed by atoms with Gasteiger partial charge in [0.1, 0.15) is 6.61 Å². The van der Waals surface area contributed by atoms with Gasteiger partial charge in [-0.15, -0.1) is 0 Å². The third kappa shape index (κ3) is 11.0. The monoisotopic (exact) mass is 614 g/mol. The van der Waals surface area contributed by atoms with E-state index >= 15 is 0 Å². The van der Waals surface area contributed by atoms with Crippen LogP contribution in [0.3, 0.4) is 0 Å². The van der Waals surface area contributed by atoms with Gasteiger partial charge in [-0.2, -0.15) is 11.8 Å². The van der Waals surface area contributed by atoms with E-state index in [0.717, 1.165) is 16.9 Å². The van der Waals surface area contributed by atoms with E-state index in [-0.39, 0.29) is 49.9 Å². The molecule has 2 N–H and O–H groups in total. The molecule has 0 saturated heterocycles. The van der Waals surface area contributed by atoms with Crippen LogP contribution >= 0.6 is 11.8 Å². The lowest BCUT2D eigenvalue weighted by atomic mass is 9.94. The second-order valence-corrected chi connectivity index (χ2v) is 12.1. The SMILES string of the molecule is O=C1N[C@@H](CSCc2ccccc2)COC(=O)[C@H](Cc2ccccc2)CC=CC[C@@H]1CC(=O)N(CCO)Cc1ccccc1. The normalized spacial score (nSPS) is 19.2. The van der Waals surface area contributed by atoms with Gasteiger partial charge in [0.25, 0.3) is 0 Å². The third-order valence-corrected chi connectivity index (χ3v) is 8.78. The van der Waals surface area contributed by atoms with Crippen molar-refractivity contribution in [3.8, 4) is 0 Å². The first-order valence-corrected chi connectivity index (χ1v) is 16.4. The number of aliphatic hydroxyl groups is 1. The lowest BCUT2D eigenvalue weighted by molar-refractivity contribution is -0.149. The molecule has 1 aliphatic rings. The van der Waals surface area contributed by atoms with Crippen LogP contribution in [0.4, 0.5) is 0 Å². The second kappa shape index (κ2) is 18.0. The van der Waals surface area contributed by atoms with Crippen molar-refractivity contribution in [1.29, 1.82) is 0 Å². The van der Waals surface area contributed by atoms with Gasteiger partial charge in [0.2, 0.25) is 11.8 Å². The Hall–Kier alpha value is -3.88. The number of thioether (sulfide) groups is 1. The fraction of sp³-hybridized carbons (Fsp3) is 0.361. The average Bonchev–Trinajstić information content (AvgIpc) is 3.04. The number of benzene rings is 3. The summed E-state index contributed by atoms with van der Waals surface area (Å²) >= 11 is 1.66. The number of allylic oxidation sites excluding steroid dienone is 2. The van der Waals surface area contributed by atoms with Crippen LogP contribution < -0.4 is 5.32 Å². The summed E-state index contributed by atoms with van der Waals surface area (Å²) in [6.45, 7) is 0.449. The third-order valence-electron chi connectivity index (χ3n) is 7.60. The van der Waals surface area contributed by atoms with E-state index in [2.05, 4.69) is 17.4 Å². The van der Waals surface area contributed by atoms with Gasteiger partial charge in [0.15, 0.2) is 0 Å². The van der Waals surface area contributed by atoms with Gasteiger partial charge >= 0.3 is 5.97 Å². The Bertz CT molecular complexity index is 1340. The van der Waals surface area contributed by atoms with Crippen molar-refractivity contribution in [2.75, 3.05) is 25.5 Å². The lowest BCUT2D eigenvalue weighted by Crippen LogP contribution is -2.45. The van der Waals surface area contributed by atoms with Gasteiger partial charge in [-0.05, 0) is 36.0 Å². The van der Waals surface area contributed by atoms with Gasteiger partial charge in [0.05, 0.1) is 24.5 Å². The molecule has 0 aliphatic carbocycles. The smallest absolute Gasteiger partial charge is 0.309 e. The number of carbonyl (C=O) groups is 3. The van der Waals surface area contributed by atoms with Crippen molar-refractivity contribution < 1.29 is 24.2 Å². The summed E-state index contributed by atoms with van der Waals surface area (Å²) in [5.74, 6) is -0.344. The average molecular weight is 615 g/mol. The van der Waals surface area contributed by atoms with Crippen LogP contribution in [-0.4, -0.2) is 59.3 Å². The number of esters is 1. The molecule has 2 amide bonds. The molecule has 3 atom stereocenters. The number of carbonyl (C=O) groups excluding carboxylic acids is 3. The van der Waals surface area contributed by atoms with Crippen molar-refractivity contribution in [1.82, 2.24) is 10.2 Å². The van der Waals surface area contributed by atoms with Crippen molar-refractivity contribution in [2.24, 2.45) is 11.8 Å². The molecule has 0 unspecified atom stereocenters. The zero-order valence-corrected chi connectivity index (χ0v) is 25.9. The van der Waals surface area contributed by atoms with Crippen molar-refractivity contribution >= 4 is 29.5 Å². The van der Waals surface area contributed by atoms with E-state index in [0.29, 0.717) is 31.6 Å². The number of amides is 2. The van der Waals surface area contributed by atoms with E-state index in [4.69, 9.17) is 4.74 Å². The summed E-state index contributed by atoms with van der Waals surface area (Å²) < 4.78 is 5.81. The van der Waals surface area contributed by atoms with Crippen molar-refractivity contribution in [3.63, 3.8) is 0 Å². The number of nitrogens with one attached hydrogen (secondary N) is 1. The minimum absolute atomic E-state index is 0.0140. The predicted molar refractivity (Wildman–Crippen MR) is 175 cm³/mol. The Morgan fingerprint density at radius 1 is 0.841 bits per heavy atom. The molecule has 0 radical (unpaired) electrons. The lowest BCUT2D eigenvalue weighted by Gasteiger charge is -2.26. The highest BCUT2D eigenvalue weighted by Gasteiger charge is 2.28. The Balaban J connectivity index is 1.49. The summed E-state index contributed by atoms with van der Waals surface area (Å²) in [7, 11) is 0. The molecule has 0 bridgehead atoms. The van der Waals surface area contributed by atoms with Gasteiger partial charge in [-0.3, -0.25) is 14.4 Å². The van der Waals surface area contributed by atoms with Crippen LogP contribution in [0, 0.1) is 11.8 Å². The largest absolute Gasteiger partial charge is 0.463 e. The summed E-state index contributed by atoms with van der Waals surface area (Å²) in [6.07, 6.45) is 5.24. The number of hydrogen-bond acceptors (Lipinski definition) is 6. The van der Waals surface area contributed by atoms with Crippen LogP contribution in [0.1, 0.15) is 36.0 Å². The highest BCUT2D eigenvalue weighted by atomic mass is 32.2. The van der Waals surface area contributed by atoms with E-state index in [1.807, 2.05) is 91.0 Å². The molecule has 1 heterocycles. The van der Waals surface area contributed by atoms with E-state index < -0.39 is 12.0 Å². The van der Waals surface area contributed by atoms with Gasteiger partial charge in [-0.1, -0.05) is 103 Å². The molecule has 4 rings (SSSR count). The zero-order valence-electron chi connectivity index (χ0n) is 25.1. The number of hydrogen-bond donors (Lipinski definition) is 2. The maximum Gasteiger partial charge on any atom is 0.309 e. The minimum Gasteiger partial charge on any atom is -0.463 e. The maximum absolute atomic E-state index is 13.6. The first kappa shape index (κ1) is 33.0. The number of cyclic esters (lactones) is 1. The summed E-state index contributed by atoms with van der Waals surface area (Å²) in [5.41, 5.74) is 3.19. The maximum atomic E-state index is 13.6. The molecule has 0 fully saturated rings. The number of aliphatic hydroxyl groups excluding tert-OH is 1. The molecule has 0 aromatic heterocycles. The standard InChI is InChI=1S/C36H42N2O5S/c39-21-20-38(24-29-14-6-2-7-15-29)34(40)23-31-18-10-11-19-32(22-28-12-4-1-5-13-28)36(42)43-25-33(37-35(31)41)27-44-26-30-16-8-3-9-17-30/h1-17,31-33,39H,18-27H2,(H,37,41)/t31-,32+,33-/m1/s1. The van der Waals surface area contributed by atoms with Gasteiger partial charge in [0, 0.05) is 31.0 Å². The van der Waals surface area contributed by atoms with Crippen molar-refractivity contribution in [3.05, 3.63) is 120 Å². The summed E-state index contributed by atoms with van der Waals surface area (Å²) in [6, 6.07) is 29.2. The summed E-state index contributed by atoms with van der Waals surface area (Å²) in [4.78, 5) is 41.9. The molecule has 1 aliphatic heterocycles. The Morgan fingerprint density at radius 3 is 2.07 bits per heavy atom. The first-order chi connectivity index (χ1) is 21.5. The predicted octanol–water partition coefficient (Wildman–Crippen LogP) is 5.18. The Labute approximate surface area is 264 Å². The Kier molecular flexibility index (Phi) is 13.5. The van der Waals surface area contributed by atoms with Gasteiger partial charge < -0.3 is 20.1 Å². The Morgan fingerprint density at radius 2 is 1.43 bits per heavy atom. The topological polar surface area (TPSA) is 95.9 Å². The van der Waals surface area contributed by atoms with Gasteiger partial charge in [-0.25, -0.2) is 0 Å². The van der Waals surface area contributed by atoms with Crippen LogP contribution in [-0.2, 0) is 37.8 Å². The zero-order chi connectivity index (χ0) is 31.0. The molecule has 44 heavy (non-hydrogen) atoms. The quantitative estimate of drug-likeness (QED) is 0.216. The van der Waals surface area contributed by atoms with E-state index in [1.54, 1.807) is 16.7 Å². The fourth-order valence-corrected chi connectivity index (χ4v) is 6.18. The molecular weight excluding hydrogens is 572 g/mol. The molecule has 8 heteroatoms. The number of ether oxygens (including phenoxy) is 1. The fourth-order valence-electron chi connectivity index (χ4n) is 5.17.